The highest BCUT2D eigenvalue weighted by Gasteiger charge is 2.43. The van der Waals surface area contributed by atoms with Crippen LogP contribution in [0.3, 0.4) is 0 Å². The van der Waals surface area contributed by atoms with E-state index in [0.717, 1.165) is 29.7 Å². The van der Waals surface area contributed by atoms with Gasteiger partial charge in [-0.1, -0.05) is 48.0 Å². The number of furan rings is 1. The van der Waals surface area contributed by atoms with Gasteiger partial charge in [-0.2, -0.15) is 0 Å². The van der Waals surface area contributed by atoms with Crippen molar-refractivity contribution < 1.29 is 14.0 Å². The average Bonchev–Trinajstić information content (AvgIpc) is 3.36. The molecule has 5 rings (SSSR count). The molecule has 2 aliphatic rings. The van der Waals surface area contributed by atoms with Gasteiger partial charge in [-0.15, -0.1) is 0 Å². The van der Waals surface area contributed by atoms with E-state index in [1.165, 1.54) is 10.5 Å². The number of fused-ring (bicyclic) bond motifs is 1. The number of para-hydroxylation sites is 1. The molecule has 150 valence electrons. The maximum atomic E-state index is 13.6. The van der Waals surface area contributed by atoms with E-state index in [-0.39, 0.29) is 18.4 Å². The fraction of sp³-hybridized carbons (Fsp3) is 0.200. The van der Waals surface area contributed by atoms with Crippen LogP contribution in [0.2, 0.25) is 0 Å². The second kappa shape index (κ2) is 7.34. The largest absolute Gasteiger partial charge is 0.467 e. The van der Waals surface area contributed by atoms with Gasteiger partial charge >= 0.3 is 0 Å². The van der Waals surface area contributed by atoms with E-state index >= 15 is 0 Å². The summed E-state index contributed by atoms with van der Waals surface area (Å²) in [6.07, 6.45) is 3.45. The van der Waals surface area contributed by atoms with E-state index in [0.29, 0.717) is 23.6 Å². The van der Waals surface area contributed by atoms with E-state index in [9.17, 15) is 9.59 Å². The maximum Gasteiger partial charge on any atom is 0.278 e. The second-order valence-corrected chi connectivity index (χ2v) is 7.75. The zero-order chi connectivity index (χ0) is 20.7. The molecule has 1 aromatic heterocycles. The van der Waals surface area contributed by atoms with Crippen LogP contribution in [-0.4, -0.2) is 23.3 Å². The molecule has 0 unspecified atom stereocenters. The number of anilines is 1. The van der Waals surface area contributed by atoms with Crippen molar-refractivity contribution in [2.45, 2.75) is 26.3 Å². The second-order valence-electron chi connectivity index (χ2n) is 7.75. The first-order valence-electron chi connectivity index (χ1n) is 10.2. The number of rotatable bonds is 4. The topological polar surface area (TPSA) is 53.8 Å². The summed E-state index contributed by atoms with van der Waals surface area (Å²) in [6, 6.07) is 19.4. The predicted octanol–water partition coefficient (Wildman–Crippen LogP) is 4.32. The summed E-state index contributed by atoms with van der Waals surface area (Å²) in [4.78, 5) is 30.4. The first-order valence-corrected chi connectivity index (χ1v) is 10.2. The van der Waals surface area contributed by atoms with Crippen molar-refractivity contribution in [3.05, 3.63) is 95.1 Å². The highest BCUT2D eigenvalue weighted by molar-refractivity contribution is 6.36. The molecule has 5 heteroatoms. The SMILES string of the molecule is Cc1ccc(C2=C(N3CCCc4ccccc43)C(=O)N(Cc3ccco3)C2=O)cc1. The number of aryl methyl sites for hydroxylation is 2. The van der Waals surface area contributed by atoms with E-state index in [4.69, 9.17) is 4.42 Å². The van der Waals surface area contributed by atoms with Gasteiger partial charge in [0.1, 0.15) is 11.5 Å². The van der Waals surface area contributed by atoms with Gasteiger partial charge in [-0.25, -0.2) is 0 Å². The fourth-order valence-electron chi connectivity index (χ4n) is 4.26. The highest BCUT2D eigenvalue weighted by atomic mass is 16.3. The molecule has 3 aromatic rings. The molecule has 5 nitrogen and oxygen atoms in total. The van der Waals surface area contributed by atoms with Crippen LogP contribution in [0.1, 0.15) is 28.9 Å². The standard InChI is InChI=1S/C25H22N2O3/c1-17-10-12-19(13-11-17)22-23(26-14-4-7-18-6-2-3-9-21(18)26)25(29)27(24(22)28)16-20-8-5-15-30-20/h2-3,5-6,8-13,15H,4,7,14,16H2,1H3. The third kappa shape index (κ3) is 3.03. The zero-order valence-electron chi connectivity index (χ0n) is 16.8. The fourth-order valence-corrected chi connectivity index (χ4v) is 4.26. The van der Waals surface area contributed by atoms with Crippen LogP contribution >= 0.6 is 0 Å². The van der Waals surface area contributed by atoms with Crippen molar-refractivity contribution in [1.29, 1.82) is 0 Å². The van der Waals surface area contributed by atoms with E-state index in [1.54, 1.807) is 18.4 Å². The zero-order valence-corrected chi connectivity index (χ0v) is 16.8. The predicted molar refractivity (Wildman–Crippen MR) is 114 cm³/mol. The van der Waals surface area contributed by atoms with Crippen molar-refractivity contribution in [3.8, 4) is 0 Å². The molecule has 0 atom stereocenters. The van der Waals surface area contributed by atoms with Gasteiger partial charge in [0.25, 0.3) is 11.8 Å². The first kappa shape index (κ1) is 18.4. The minimum atomic E-state index is -0.279. The molecule has 2 amide bonds. The first-order chi connectivity index (χ1) is 14.6. The summed E-state index contributed by atoms with van der Waals surface area (Å²) in [5.41, 5.74) is 4.99. The molecule has 2 aliphatic heterocycles. The Balaban J connectivity index is 1.64. The van der Waals surface area contributed by atoms with Gasteiger partial charge < -0.3 is 9.32 Å². The Labute approximate surface area is 175 Å². The van der Waals surface area contributed by atoms with Gasteiger partial charge in [-0.3, -0.25) is 14.5 Å². The number of carbonyl (C=O) groups excluding carboxylic acids is 2. The van der Waals surface area contributed by atoms with Crippen molar-refractivity contribution >= 4 is 23.1 Å². The molecular formula is C25H22N2O3. The Bertz CT molecular complexity index is 1140. The van der Waals surface area contributed by atoms with Crippen LogP contribution in [-0.2, 0) is 22.6 Å². The van der Waals surface area contributed by atoms with Gasteiger partial charge in [0.2, 0.25) is 0 Å². The number of hydrogen-bond acceptors (Lipinski definition) is 4. The Hall–Kier alpha value is -3.60. The van der Waals surface area contributed by atoms with Crippen LogP contribution in [0.5, 0.6) is 0 Å². The molecule has 0 saturated carbocycles. The maximum absolute atomic E-state index is 13.6. The van der Waals surface area contributed by atoms with Crippen LogP contribution in [0.15, 0.2) is 77.0 Å². The summed E-state index contributed by atoms with van der Waals surface area (Å²) in [6.45, 7) is 2.83. The summed E-state index contributed by atoms with van der Waals surface area (Å²) in [7, 11) is 0. The summed E-state index contributed by atoms with van der Waals surface area (Å²) >= 11 is 0. The molecule has 0 aliphatic carbocycles. The Morgan fingerprint density at radius 3 is 2.50 bits per heavy atom. The van der Waals surface area contributed by atoms with Crippen molar-refractivity contribution in [2.75, 3.05) is 11.4 Å². The van der Waals surface area contributed by atoms with E-state index < -0.39 is 0 Å². The summed E-state index contributed by atoms with van der Waals surface area (Å²) < 4.78 is 5.41. The number of amides is 2. The summed E-state index contributed by atoms with van der Waals surface area (Å²) in [5, 5.41) is 0. The number of carbonyl (C=O) groups is 2. The highest BCUT2D eigenvalue weighted by Crippen LogP contribution is 2.38. The van der Waals surface area contributed by atoms with Crippen LogP contribution in [0.4, 0.5) is 5.69 Å². The van der Waals surface area contributed by atoms with Crippen molar-refractivity contribution in [2.24, 2.45) is 0 Å². The Kier molecular flexibility index (Phi) is 4.51. The van der Waals surface area contributed by atoms with Gasteiger partial charge in [0, 0.05) is 12.2 Å². The third-order valence-electron chi connectivity index (χ3n) is 5.76. The third-order valence-corrected chi connectivity index (χ3v) is 5.76. The Morgan fingerprint density at radius 2 is 1.73 bits per heavy atom. The molecule has 0 fully saturated rings. The van der Waals surface area contributed by atoms with Gasteiger partial charge in [-0.05, 0) is 49.1 Å². The van der Waals surface area contributed by atoms with Crippen LogP contribution in [0.25, 0.3) is 5.57 Å². The minimum Gasteiger partial charge on any atom is -0.467 e. The number of hydrogen-bond donors (Lipinski definition) is 0. The smallest absolute Gasteiger partial charge is 0.278 e. The van der Waals surface area contributed by atoms with E-state index in [2.05, 4.69) is 6.07 Å². The molecular weight excluding hydrogens is 376 g/mol. The monoisotopic (exact) mass is 398 g/mol. The molecule has 0 N–H and O–H groups in total. The average molecular weight is 398 g/mol. The lowest BCUT2D eigenvalue weighted by Crippen LogP contribution is -2.36. The molecule has 0 radical (unpaired) electrons. The molecule has 2 aromatic carbocycles. The summed E-state index contributed by atoms with van der Waals surface area (Å²) in [5.74, 6) is 0.0298. The van der Waals surface area contributed by atoms with Crippen molar-refractivity contribution in [1.82, 2.24) is 4.90 Å². The van der Waals surface area contributed by atoms with Crippen molar-refractivity contribution in [3.63, 3.8) is 0 Å². The molecule has 30 heavy (non-hydrogen) atoms. The molecule has 0 bridgehead atoms. The Morgan fingerprint density at radius 1 is 0.933 bits per heavy atom. The molecule has 3 heterocycles. The quantitative estimate of drug-likeness (QED) is 0.614. The van der Waals surface area contributed by atoms with Crippen LogP contribution < -0.4 is 4.90 Å². The van der Waals surface area contributed by atoms with E-state index in [1.807, 2.05) is 54.3 Å². The molecule has 0 saturated heterocycles. The van der Waals surface area contributed by atoms with Gasteiger partial charge in [0.15, 0.2) is 0 Å². The lowest BCUT2D eigenvalue weighted by molar-refractivity contribution is -0.137. The van der Waals surface area contributed by atoms with Crippen LogP contribution in [0, 0.1) is 6.92 Å². The minimum absolute atomic E-state index is 0.124. The number of imide groups is 1. The lowest BCUT2D eigenvalue weighted by atomic mass is 9.98. The molecule has 0 spiro atoms. The number of nitrogens with zero attached hydrogens (tertiary/aromatic N) is 2. The lowest BCUT2D eigenvalue weighted by Gasteiger charge is -2.32. The number of benzene rings is 2. The van der Waals surface area contributed by atoms with Gasteiger partial charge in [0.05, 0.1) is 18.4 Å². The normalized spacial score (nSPS) is 16.4.